The van der Waals surface area contributed by atoms with Gasteiger partial charge >= 0.3 is 12.1 Å². The molecule has 0 radical (unpaired) electrons. The number of carbonyl (C=O) groups is 2. The molecule has 2 heterocycles. The van der Waals surface area contributed by atoms with Crippen molar-refractivity contribution in [1.29, 1.82) is 0 Å². The first kappa shape index (κ1) is 33.1. The molecule has 45 heavy (non-hydrogen) atoms. The molecular formula is C37H53N3O5. The summed E-state index contributed by atoms with van der Waals surface area (Å²) in [7, 11) is 0. The van der Waals surface area contributed by atoms with E-state index in [0.717, 1.165) is 96.3 Å². The number of amides is 1. The molecule has 1 amide bonds. The molecular weight excluding hydrogens is 566 g/mol. The molecule has 2 saturated heterocycles. The van der Waals surface area contributed by atoms with Crippen LogP contribution in [-0.4, -0.2) is 83.3 Å². The molecule has 1 saturated carbocycles. The number of nitrogens with zero attached hydrogens (tertiary/aromatic N) is 3. The Morgan fingerprint density at radius 3 is 2.27 bits per heavy atom. The maximum absolute atomic E-state index is 12.5. The van der Waals surface area contributed by atoms with Crippen LogP contribution in [0.5, 0.6) is 0 Å². The average molecular weight is 620 g/mol. The summed E-state index contributed by atoms with van der Waals surface area (Å²) in [6.45, 7) is 10.3. The van der Waals surface area contributed by atoms with Crippen molar-refractivity contribution >= 4 is 12.1 Å². The van der Waals surface area contributed by atoms with Crippen molar-refractivity contribution in [3.63, 3.8) is 0 Å². The molecule has 2 aliphatic heterocycles. The predicted molar refractivity (Wildman–Crippen MR) is 176 cm³/mol. The number of allylic oxidation sites excluding steroid dienone is 4. The van der Waals surface area contributed by atoms with Gasteiger partial charge in [0.15, 0.2) is 6.61 Å². The highest BCUT2D eigenvalue weighted by atomic mass is 16.6. The maximum Gasteiger partial charge on any atom is 0.410 e. The van der Waals surface area contributed by atoms with Crippen molar-refractivity contribution in [2.45, 2.75) is 115 Å². The fourth-order valence-electron chi connectivity index (χ4n) is 6.90. The largest absolute Gasteiger partial charge is 0.482 e. The van der Waals surface area contributed by atoms with Crippen molar-refractivity contribution in [1.82, 2.24) is 14.7 Å². The Labute approximate surface area is 270 Å². The smallest absolute Gasteiger partial charge is 0.410 e. The van der Waals surface area contributed by atoms with Crippen LogP contribution >= 0.6 is 0 Å². The van der Waals surface area contributed by atoms with Gasteiger partial charge in [0.2, 0.25) is 0 Å². The van der Waals surface area contributed by atoms with E-state index in [-0.39, 0.29) is 24.8 Å². The zero-order valence-electron chi connectivity index (χ0n) is 27.6. The predicted octanol–water partition coefficient (Wildman–Crippen LogP) is 6.97. The van der Waals surface area contributed by atoms with Gasteiger partial charge in [-0.25, -0.2) is 9.59 Å². The Bertz CT molecular complexity index is 1200. The van der Waals surface area contributed by atoms with E-state index in [9.17, 15) is 9.59 Å². The number of hydrogen-bond acceptors (Lipinski definition) is 7. The lowest BCUT2D eigenvalue weighted by Gasteiger charge is -2.44. The summed E-state index contributed by atoms with van der Waals surface area (Å²) in [5.74, 6) is 0.458. The van der Waals surface area contributed by atoms with Crippen LogP contribution in [0, 0.1) is 0 Å². The standard InChI is InChI=1S/C37H53N3O5/c1-37(2,3)45-36(42)39-24-20-31(21-25-39)38-22-18-32(19-23-38)40(26-29-10-6-4-7-11-29)27-30-14-16-33(17-15-30)43-28-35(41)44-34-12-8-5-9-13-34/h4,6-7,10-11,14,16-17,27,31-32,34H,5,8-9,12-13,15,18-26,28H2,1-3H3. The number of ether oxygens (including phenoxy) is 3. The van der Waals surface area contributed by atoms with E-state index in [0.29, 0.717) is 12.1 Å². The van der Waals surface area contributed by atoms with Crippen LogP contribution in [0.25, 0.3) is 0 Å². The van der Waals surface area contributed by atoms with Crippen LogP contribution < -0.4 is 0 Å². The summed E-state index contributed by atoms with van der Waals surface area (Å²) < 4.78 is 17.0. The lowest BCUT2D eigenvalue weighted by molar-refractivity contribution is -0.154. The molecule has 2 aliphatic carbocycles. The summed E-state index contributed by atoms with van der Waals surface area (Å²) in [5, 5.41) is 0. The van der Waals surface area contributed by atoms with E-state index in [1.165, 1.54) is 17.6 Å². The van der Waals surface area contributed by atoms with Crippen molar-refractivity contribution in [2.24, 2.45) is 0 Å². The Morgan fingerprint density at radius 2 is 1.62 bits per heavy atom. The number of hydrogen-bond donors (Lipinski definition) is 0. The molecule has 0 atom stereocenters. The van der Waals surface area contributed by atoms with E-state index >= 15 is 0 Å². The minimum absolute atomic E-state index is 0.0372. The van der Waals surface area contributed by atoms with Crippen molar-refractivity contribution < 1.29 is 23.8 Å². The molecule has 1 aromatic carbocycles. The summed E-state index contributed by atoms with van der Waals surface area (Å²) >= 11 is 0. The lowest BCUT2D eigenvalue weighted by atomic mass is 9.96. The van der Waals surface area contributed by atoms with Gasteiger partial charge in [-0.05, 0) is 102 Å². The fourth-order valence-corrected chi connectivity index (χ4v) is 6.90. The topological polar surface area (TPSA) is 71.5 Å². The molecule has 0 spiro atoms. The van der Waals surface area contributed by atoms with Crippen LogP contribution in [0.4, 0.5) is 4.79 Å². The molecule has 0 aromatic heterocycles. The SMILES string of the molecule is CC(C)(C)OC(=O)N1CCC(N2CCC(N(C=C3C=CC(OCC(=O)OC4CCCCC4)=CC3)Cc3ccccc3)CC2)CC1. The summed E-state index contributed by atoms with van der Waals surface area (Å²) in [5.41, 5.74) is 2.09. The van der Waals surface area contributed by atoms with E-state index in [4.69, 9.17) is 14.2 Å². The van der Waals surface area contributed by atoms with Crippen LogP contribution in [0.3, 0.4) is 0 Å². The summed E-state index contributed by atoms with van der Waals surface area (Å²) in [6.07, 6.45) is 18.8. The molecule has 8 nitrogen and oxygen atoms in total. The molecule has 1 aromatic rings. The minimum Gasteiger partial charge on any atom is -0.482 e. The third-order valence-corrected chi connectivity index (χ3v) is 9.35. The highest BCUT2D eigenvalue weighted by molar-refractivity contribution is 5.71. The number of likely N-dealkylation sites (tertiary alicyclic amines) is 2. The van der Waals surface area contributed by atoms with E-state index in [1.807, 2.05) is 31.7 Å². The van der Waals surface area contributed by atoms with Crippen molar-refractivity contribution in [2.75, 3.05) is 32.8 Å². The van der Waals surface area contributed by atoms with Crippen LogP contribution in [0.1, 0.15) is 90.5 Å². The van der Waals surface area contributed by atoms with Gasteiger partial charge in [0.25, 0.3) is 0 Å². The quantitative estimate of drug-likeness (QED) is 0.277. The summed E-state index contributed by atoms with van der Waals surface area (Å²) in [4.78, 5) is 31.8. The summed E-state index contributed by atoms with van der Waals surface area (Å²) in [6, 6.07) is 11.7. The third-order valence-electron chi connectivity index (χ3n) is 9.35. The van der Waals surface area contributed by atoms with E-state index < -0.39 is 5.60 Å². The normalized spacial score (nSPS) is 21.8. The van der Waals surface area contributed by atoms with Gasteiger partial charge in [0.1, 0.15) is 17.5 Å². The second-order valence-electron chi connectivity index (χ2n) is 14.0. The fraction of sp³-hybridized carbons (Fsp3) is 0.622. The second kappa shape index (κ2) is 15.8. The Morgan fingerprint density at radius 1 is 0.911 bits per heavy atom. The van der Waals surface area contributed by atoms with Gasteiger partial charge in [-0.2, -0.15) is 0 Å². The monoisotopic (exact) mass is 619 g/mol. The number of piperidine rings is 2. The average Bonchev–Trinajstić information content (AvgIpc) is 3.04. The molecule has 0 unspecified atom stereocenters. The lowest BCUT2D eigenvalue weighted by Crippen LogP contribution is -2.51. The van der Waals surface area contributed by atoms with Gasteiger partial charge in [-0.3, -0.25) is 0 Å². The zero-order valence-corrected chi connectivity index (χ0v) is 27.6. The van der Waals surface area contributed by atoms with Crippen molar-refractivity contribution in [3.8, 4) is 0 Å². The maximum atomic E-state index is 12.5. The Balaban J connectivity index is 1.12. The number of benzene rings is 1. The molecule has 5 rings (SSSR count). The highest BCUT2D eigenvalue weighted by Gasteiger charge is 2.32. The van der Waals surface area contributed by atoms with Gasteiger partial charge in [-0.15, -0.1) is 0 Å². The zero-order chi connectivity index (χ0) is 31.6. The third kappa shape index (κ3) is 10.4. The van der Waals surface area contributed by atoms with E-state index in [1.54, 1.807) is 0 Å². The number of esters is 1. The van der Waals surface area contributed by atoms with E-state index in [2.05, 4.69) is 58.5 Å². The first-order chi connectivity index (χ1) is 21.7. The molecule has 4 aliphatic rings. The Kier molecular flexibility index (Phi) is 11.7. The van der Waals surface area contributed by atoms with Crippen LogP contribution in [0.15, 0.2) is 66.1 Å². The van der Waals surface area contributed by atoms with Crippen molar-refractivity contribution in [3.05, 3.63) is 71.7 Å². The Hall–Kier alpha value is -3.26. The van der Waals surface area contributed by atoms with Crippen LogP contribution in [-0.2, 0) is 25.5 Å². The molecule has 246 valence electrons. The molecule has 0 N–H and O–H groups in total. The first-order valence-corrected chi connectivity index (χ1v) is 17.1. The highest BCUT2D eigenvalue weighted by Crippen LogP contribution is 2.27. The second-order valence-corrected chi connectivity index (χ2v) is 14.0. The number of rotatable bonds is 9. The first-order valence-electron chi connectivity index (χ1n) is 17.1. The molecule has 8 heteroatoms. The van der Waals surface area contributed by atoms with Gasteiger partial charge in [0, 0.05) is 51.0 Å². The van der Waals surface area contributed by atoms with Gasteiger partial charge < -0.3 is 28.9 Å². The van der Waals surface area contributed by atoms with Gasteiger partial charge in [0.05, 0.1) is 0 Å². The van der Waals surface area contributed by atoms with Crippen LogP contribution in [0.2, 0.25) is 0 Å². The number of carbonyl (C=O) groups excluding carboxylic acids is 2. The minimum atomic E-state index is -0.458. The molecule has 0 bridgehead atoms. The van der Waals surface area contributed by atoms with Gasteiger partial charge in [-0.1, -0.05) is 42.8 Å². The molecule has 3 fully saturated rings.